The van der Waals surface area contributed by atoms with Crippen LogP contribution >= 0.6 is 0 Å². The highest BCUT2D eigenvalue weighted by Gasteiger charge is 2.18. The number of ether oxygens (including phenoxy) is 1. The molecule has 5 nitrogen and oxygen atoms in total. The third-order valence-corrected chi connectivity index (χ3v) is 3.90. The highest BCUT2D eigenvalue weighted by atomic mass is 16.5. The summed E-state index contributed by atoms with van der Waals surface area (Å²) in [7, 11) is 1.65. The molecule has 130 valence electrons. The minimum absolute atomic E-state index is 0.0312. The van der Waals surface area contributed by atoms with Crippen molar-refractivity contribution in [2.75, 3.05) is 13.7 Å². The summed E-state index contributed by atoms with van der Waals surface area (Å²) in [5, 5.41) is 14.7. The van der Waals surface area contributed by atoms with E-state index in [1.54, 1.807) is 18.9 Å². The van der Waals surface area contributed by atoms with Crippen LogP contribution in [-0.4, -0.2) is 41.8 Å². The van der Waals surface area contributed by atoms with E-state index < -0.39 is 6.10 Å². The fourth-order valence-electron chi connectivity index (χ4n) is 2.60. The van der Waals surface area contributed by atoms with Gasteiger partial charge in [0.05, 0.1) is 13.2 Å². The van der Waals surface area contributed by atoms with Crippen molar-refractivity contribution in [2.24, 2.45) is 0 Å². The van der Waals surface area contributed by atoms with Gasteiger partial charge in [0.1, 0.15) is 5.75 Å². The summed E-state index contributed by atoms with van der Waals surface area (Å²) in [6.45, 7) is 6.32. The van der Waals surface area contributed by atoms with Gasteiger partial charge in [0.2, 0.25) is 0 Å². The highest BCUT2D eigenvalue weighted by molar-refractivity contribution is 5.84. The lowest BCUT2D eigenvalue weighted by Gasteiger charge is -2.28. The number of hydrogen-bond donors (Lipinski definition) is 2. The van der Waals surface area contributed by atoms with Gasteiger partial charge in [-0.25, -0.2) is 4.79 Å². The van der Waals surface area contributed by atoms with Crippen molar-refractivity contribution in [1.82, 2.24) is 10.2 Å². The average molecular weight is 330 g/mol. The van der Waals surface area contributed by atoms with Gasteiger partial charge in [-0.15, -0.1) is 0 Å². The number of methoxy groups -OCH3 is 1. The molecule has 0 radical (unpaired) electrons. The number of aliphatic hydroxyl groups excluding tert-OH is 1. The number of rotatable bonds is 6. The van der Waals surface area contributed by atoms with Crippen molar-refractivity contribution in [3.8, 4) is 5.75 Å². The summed E-state index contributed by atoms with van der Waals surface area (Å²) < 4.78 is 5.23. The molecule has 2 aromatic rings. The highest BCUT2D eigenvalue weighted by Crippen LogP contribution is 2.21. The van der Waals surface area contributed by atoms with E-state index >= 15 is 0 Å². The Morgan fingerprint density at radius 2 is 1.83 bits per heavy atom. The van der Waals surface area contributed by atoms with Gasteiger partial charge in [-0.05, 0) is 55.3 Å². The molecule has 2 aromatic carbocycles. The molecule has 0 saturated carbocycles. The molecule has 0 aliphatic carbocycles. The molecule has 0 aromatic heterocycles. The van der Waals surface area contributed by atoms with Crippen molar-refractivity contribution in [3.05, 3.63) is 42.0 Å². The van der Waals surface area contributed by atoms with E-state index in [2.05, 4.69) is 11.4 Å². The first-order valence-corrected chi connectivity index (χ1v) is 8.20. The van der Waals surface area contributed by atoms with Crippen LogP contribution in [0.1, 0.15) is 26.3 Å². The first kappa shape index (κ1) is 18.1. The van der Waals surface area contributed by atoms with Crippen molar-refractivity contribution in [1.29, 1.82) is 0 Å². The van der Waals surface area contributed by atoms with Gasteiger partial charge in [0.15, 0.2) is 0 Å². The van der Waals surface area contributed by atoms with E-state index in [4.69, 9.17) is 4.74 Å². The molecule has 2 rings (SSSR count). The summed E-state index contributed by atoms with van der Waals surface area (Å²) in [4.78, 5) is 14.0. The molecule has 0 unspecified atom stereocenters. The fraction of sp³-hybridized carbons (Fsp3) is 0.421. The zero-order valence-corrected chi connectivity index (χ0v) is 14.7. The first-order chi connectivity index (χ1) is 11.4. The first-order valence-electron chi connectivity index (χ1n) is 8.20. The molecule has 0 aliphatic rings. The molecule has 24 heavy (non-hydrogen) atoms. The van der Waals surface area contributed by atoms with Gasteiger partial charge in [-0.2, -0.15) is 0 Å². The van der Waals surface area contributed by atoms with Gasteiger partial charge in [0, 0.05) is 19.1 Å². The molecule has 0 saturated heterocycles. The Hall–Kier alpha value is -2.27. The SMILES string of the molecule is COc1ccc2cc(CNC(=O)N(C[C@H](C)O)C(C)C)ccc2c1. The maximum absolute atomic E-state index is 12.3. The second kappa shape index (κ2) is 8.02. The van der Waals surface area contributed by atoms with Crippen LogP contribution in [-0.2, 0) is 6.54 Å². The summed E-state index contributed by atoms with van der Waals surface area (Å²) in [6, 6.07) is 11.9. The zero-order chi connectivity index (χ0) is 17.7. The Kier molecular flexibility index (Phi) is 6.04. The van der Waals surface area contributed by atoms with Crippen molar-refractivity contribution in [3.63, 3.8) is 0 Å². The predicted octanol–water partition coefficient (Wildman–Crippen LogP) is 3.15. The number of hydrogen-bond acceptors (Lipinski definition) is 3. The standard InChI is InChI=1S/C19H26N2O3/c1-13(2)21(12-14(3)22)19(23)20-11-15-5-6-17-10-18(24-4)8-7-16(17)9-15/h5-10,13-14,22H,11-12H2,1-4H3,(H,20,23)/t14-/m0/s1. The van der Waals surface area contributed by atoms with Crippen LogP contribution in [0.2, 0.25) is 0 Å². The van der Waals surface area contributed by atoms with E-state index in [1.165, 1.54) is 0 Å². The van der Waals surface area contributed by atoms with Crippen LogP contribution < -0.4 is 10.1 Å². The van der Waals surface area contributed by atoms with Crippen LogP contribution in [0.3, 0.4) is 0 Å². The second-order valence-corrected chi connectivity index (χ2v) is 6.30. The minimum atomic E-state index is -0.547. The number of carbonyl (C=O) groups is 1. The second-order valence-electron chi connectivity index (χ2n) is 6.30. The largest absolute Gasteiger partial charge is 0.497 e. The van der Waals surface area contributed by atoms with Gasteiger partial charge >= 0.3 is 6.03 Å². The predicted molar refractivity (Wildman–Crippen MR) is 96.3 cm³/mol. The van der Waals surface area contributed by atoms with Crippen LogP contribution in [0.15, 0.2) is 36.4 Å². The molecule has 1 atom stereocenters. The van der Waals surface area contributed by atoms with E-state index in [0.29, 0.717) is 13.1 Å². The normalized spacial score (nSPS) is 12.2. The maximum atomic E-state index is 12.3. The molecule has 5 heteroatoms. The topological polar surface area (TPSA) is 61.8 Å². The summed E-state index contributed by atoms with van der Waals surface area (Å²) in [5.41, 5.74) is 1.03. The van der Waals surface area contributed by atoms with Crippen molar-refractivity contribution >= 4 is 16.8 Å². The Morgan fingerprint density at radius 1 is 1.17 bits per heavy atom. The Bertz CT molecular complexity index is 698. The molecular formula is C19H26N2O3. The van der Waals surface area contributed by atoms with E-state index in [0.717, 1.165) is 22.1 Å². The van der Waals surface area contributed by atoms with E-state index in [-0.39, 0.29) is 12.1 Å². The fourth-order valence-corrected chi connectivity index (χ4v) is 2.60. The molecule has 0 aliphatic heterocycles. The van der Waals surface area contributed by atoms with Gasteiger partial charge in [-0.1, -0.05) is 18.2 Å². The number of carbonyl (C=O) groups excluding carboxylic acids is 1. The number of amides is 2. The lowest BCUT2D eigenvalue weighted by Crippen LogP contribution is -2.46. The molecule has 0 bridgehead atoms. The Morgan fingerprint density at radius 3 is 2.46 bits per heavy atom. The number of nitrogens with zero attached hydrogens (tertiary/aromatic N) is 1. The van der Waals surface area contributed by atoms with Crippen LogP contribution in [0.25, 0.3) is 10.8 Å². The number of nitrogens with one attached hydrogen (secondary N) is 1. The number of fused-ring (bicyclic) bond motifs is 1. The van der Waals surface area contributed by atoms with E-state index in [1.807, 2.05) is 44.2 Å². The zero-order valence-electron chi connectivity index (χ0n) is 14.7. The minimum Gasteiger partial charge on any atom is -0.497 e. The maximum Gasteiger partial charge on any atom is 0.317 e. The number of urea groups is 1. The van der Waals surface area contributed by atoms with Crippen LogP contribution in [0.4, 0.5) is 4.79 Å². The molecular weight excluding hydrogens is 304 g/mol. The van der Waals surface area contributed by atoms with Crippen molar-refractivity contribution < 1.29 is 14.6 Å². The summed E-state index contributed by atoms with van der Waals surface area (Å²) >= 11 is 0. The van der Waals surface area contributed by atoms with Gasteiger partial charge in [0.25, 0.3) is 0 Å². The molecule has 2 amide bonds. The number of aliphatic hydroxyl groups is 1. The van der Waals surface area contributed by atoms with Crippen molar-refractivity contribution in [2.45, 2.75) is 39.5 Å². The van der Waals surface area contributed by atoms with E-state index in [9.17, 15) is 9.90 Å². The Labute approximate surface area is 143 Å². The lowest BCUT2D eigenvalue weighted by molar-refractivity contribution is 0.119. The average Bonchev–Trinajstić information content (AvgIpc) is 2.56. The Balaban J connectivity index is 2.05. The third-order valence-electron chi connectivity index (χ3n) is 3.90. The smallest absolute Gasteiger partial charge is 0.317 e. The third kappa shape index (κ3) is 4.61. The lowest BCUT2D eigenvalue weighted by atomic mass is 10.1. The quantitative estimate of drug-likeness (QED) is 0.855. The molecule has 2 N–H and O–H groups in total. The monoisotopic (exact) mass is 330 g/mol. The molecule has 0 fully saturated rings. The summed E-state index contributed by atoms with van der Waals surface area (Å²) in [6.07, 6.45) is -0.547. The van der Waals surface area contributed by atoms with Gasteiger partial charge < -0.3 is 20.1 Å². The summed E-state index contributed by atoms with van der Waals surface area (Å²) in [5.74, 6) is 0.828. The molecule has 0 spiro atoms. The molecule has 0 heterocycles. The number of benzene rings is 2. The van der Waals surface area contributed by atoms with Gasteiger partial charge in [-0.3, -0.25) is 0 Å². The van der Waals surface area contributed by atoms with Crippen LogP contribution in [0, 0.1) is 0 Å². The van der Waals surface area contributed by atoms with Crippen LogP contribution in [0.5, 0.6) is 5.75 Å².